The topological polar surface area (TPSA) is 50.3 Å². The molecule has 0 aromatic carbocycles. The van der Waals surface area contributed by atoms with Gasteiger partial charge in [0.1, 0.15) is 0 Å². The summed E-state index contributed by atoms with van der Waals surface area (Å²) in [4.78, 5) is 30.0. The van der Waals surface area contributed by atoms with Gasteiger partial charge in [-0.15, -0.1) is 0 Å². The molecular weight excluding hydrogens is 240 g/mol. The zero-order chi connectivity index (χ0) is 13.9. The van der Waals surface area contributed by atoms with Gasteiger partial charge < -0.3 is 0 Å². The van der Waals surface area contributed by atoms with Gasteiger partial charge >= 0.3 is 0 Å². The second-order valence-electron chi connectivity index (χ2n) is 5.45. The minimum absolute atomic E-state index is 0.0448. The minimum Gasteiger partial charge on any atom is -0.276 e. The van der Waals surface area contributed by atoms with E-state index < -0.39 is 5.41 Å². The molecule has 1 aliphatic heterocycles. The van der Waals surface area contributed by atoms with Gasteiger partial charge in [0.2, 0.25) is 11.8 Å². The molecule has 0 spiro atoms. The molecule has 0 bridgehead atoms. The van der Waals surface area contributed by atoms with Crippen LogP contribution in [0, 0.1) is 5.41 Å². The first kappa shape index (κ1) is 13.7. The van der Waals surface area contributed by atoms with Crippen molar-refractivity contribution in [3.63, 3.8) is 0 Å². The summed E-state index contributed by atoms with van der Waals surface area (Å²) >= 11 is 0. The highest BCUT2D eigenvalue weighted by atomic mass is 16.2. The molecule has 1 aromatic heterocycles. The summed E-state index contributed by atoms with van der Waals surface area (Å²) in [5, 5.41) is 0. The van der Waals surface area contributed by atoms with Crippen LogP contribution < -0.4 is 0 Å². The van der Waals surface area contributed by atoms with Crippen LogP contribution in [0.2, 0.25) is 0 Å². The molecule has 2 rings (SSSR count). The van der Waals surface area contributed by atoms with Crippen LogP contribution >= 0.6 is 0 Å². The molecule has 1 unspecified atom stereocenters. The highest BCUT2D eigenvalue weighted by Crippen LogP contribution is 2.37. The Morgan fingerprint density at radius 3 is 2.79 bits per heavy atom. The monoisotopic (exact) mass is 260 g/mol. The SMILES string of the molecule is CCCCC1(C)CC(=O)N(Cc2ccccn2)C1=O. The maximum absolute atomic E-state index is 12.4. The van der Waals surface area contributed by atoms with Crippen LogP contribution in [-0.2, 0) is 16.1 Å². The third-order valence-corrected chi connectivity index (χ3v) is 3.73. The summed E-state index contributed by atoms with van der Waals surface area (Å²) in [5.74, 6) is -0.120. The van der Waals surface area contributed by atoms with Gasteiger partial charge in [-0.05, 0) is 18.6 Å². The van der Waals surface area contributed by atoms with Crippen molar-refractivity contribution in [2.24, 2.45) is 5.41 Å². The van der Waals surface area contributed by atoms with E-state index in [1.54, 1.807) is 6.20 Å². The third kappa shape index (κ3) is 2.83. The normalized spacial score (nSPS) is 23.2. The molecule has 1 atom stereocenters. The number of hydrogen-bond donors (Lipinski definition) is 0. The molecular formula is C15H20N2O2. The van der Waals surface area contributed by atoms with Crippen LogP contribution in [0.1, 0.15) is 45.2 Å². The predicted molar refractivity (Wildman–Crippen MR) is 72.0 cm³/mol. The van der Waals surface area contributed by atoms with E-state index in [1.807, 2.05) is 25.1 Å². The molecule has 0 N–H and O–H groups in total. The Balaban J connectivity index is 2.10. The zero-order valence-corrected chi connectivity index (χ0v) is 11.6. The van der Waals surface area contributed by atoms with E-state index >= 15 is 0 Å². The molecule has 1 aromatic rings. The molecule has 4 nitrogen and oxygen atoms in total. The van der Waals surface area contributed by atoms with Crippen LogP contribution in [0.15, 0.2) is 24.4 Å². The van der Waals surface area contributed by atoms with Crippen molar-refractivity contribution in [2.45, 2.75) is 46.1 Å². The standard InChI is InChI=1S/C15H20N2O2/c1-3-4-8-15(2)10-13(18)17(14(15)19)11-12-7-5-6-9-16-12/h5-7,9H,3-4,8,10-11H2,1-2H3. The Labute approximate surface area is 113 Å². The molecule has 2 amide bonds. The molecule has 0 aliphatic carbocycles. The lowest BCUT2D eigenvalue weighted by Gasteiger charge is -2.21. The number of carbonyl (C=O) groups is 2. The number of pyridine rings is 1. The summed E-state index contributed by atoms with van der Waals surface area (Å²) in [5.41, 5.74) is 0.242. The van der Waals surface area contributed by atoms with Crippen molar-refractivity contribution in [3.8, 4) is 0 Å². The van der Waals surface area contributed by atoms with Crippen molar-refractivity contribution < 1.29 is 9.59 Å². The van der Waals surface area contributed by atoms with Crippen molar-refractivity contribution in [1.82, 2.24) is 9.88 Å². The Kier molecular flexibility index (Phi) is 3.98. The van der Waals surface area contributed by atoms with Crippen LogP contribution in [0.5, 0.6) is 0 Å². The number of carbonyl (C=O) groups excluding carboxylic acids is 2. The fraction of sp³-hybridized carbons (Fsp3) is 0.533. The quantitative estimate of drug-likeness (QED) is 0.764. The number of aromatic nitrogens is 1. The molecule has 0 saturated carbocycles. The molecule has 102 valence electrons. The maximum Gasteiger partial charge on any atom is 0.235 e. The van der Waals surface area contributed by atoms with Gasteiger partial charge in [0.25, 0.3) is 0 Å². The fourth-order valence-corrected chi connectivity index (χ4v) is 2.52. The molecule has 4 heteroatoms. The molecule has 0 radical (unpaired) electrons. The first-order chi connectivity index (χ1) is 9.07. The second kappa shape index (κ2) is 5.51. The Morgan fingerprint density at radius 1 is 1.37 bits per heavy atom. The summed E-state index contributed by atoms with van der Waals surface area (Å²) in [6.07, 6.45) is 4.81. The van der Waals surface area contributed by atoms with E-state index in [0.717, 1.165) is 25.0 Å². The van der Waals surface area contributed by atoms with E-state index in [9.17, 15) is 9.59 Å². The second-order valence-corrected chi connectivity index (χ2v) is 5.45. The van der Waals surface area contributed by atoms with E-state index in [0.29, 0.717) is 13.0 Å². The van der Waals surface area contributed by atoms with Crippen LogP contribution in [0.25, 0.3) is 0 Å². The van der Waals surface area contributed by atoms with E-state index in [-0.39, 0.29) is 11.8 Å². The van der Waals surface area contributed by atoms with E-state index in [2.05, 4.69) is 11.9 Å². The molecule has 1 aliphatic rings. The van der Waals surface area contributed by atoms with Crippen LogP contribution in [0.3, 0.4) is 0 Å². The van der Waals surface area contributed by atoms with Gasteiger partial charge in [0.05, 0.1) is 17.7 Å². The Hall–Kier alpha value is -1.71. The average molecular weight is 260 g/mol. The zero-order valence-electron chi connectivity index (χ0n) is 11.6. The van der Waals surface area contributed by atoms with Crippen LogP contribution in [0.4, 0.5) is 0 Å². The molecule has 19 heavy (non-hydrogen) atoms. The first-order valence-corrected chi connectivity index (χ1v) is 6.81. The minimum atomic E-state index is -0.512. The molecule has 1 fully saturated rings. The van der Waals surface area contributed by atoms with Gasteiger partial charge in [-0.3, -0.25) is 19.5 Å². The van der Waals surface area contributed by atoms with Crippen LogP contribution in [-0.4, -0.2) is 21.7 Å². The van der Waals surface area contributed by atoms with E-state index in [1.165, 1.54) is 4.90 Å². The number of nitrogens with zero attached hydrogens (tertiary/aromatic N) is 2. The third-order valence-electron chi connectivity index (χ3n) is 3.73. The molecule has 2 heterocycles. The summed E-state index contributed by atoms with van der Waals surface area (Å²) in [7, 11) is 0. The van der Waals surface area contributed by atoms with E-state index in [4.69, 9.17) is 0 Å². The lowest BCUT2D eigenvalue weighted by Crippen LogP contribution is -2.34. The molecule has 1 saturated heterocycles. The van der Waals surface area contributed by atoms with Crippen molar-refractivity contribution in [2.75, 3.05) is 0 Å². The maximum atomic E-state index is 12.4. The lowest BCUT2D eigenvalue weighted by molar-refractivity contribution is -0.142. The van der Waals surface area contributed by atoms with Crippen molar-refractivity contribution in [1.29, 1.82) is 0 Å². The van der Waals surface area contributed by atoms with Gasteiger partial charge in [-0.2, -0.15) is 0 Å². The summed E-state index contributed by atoms with van der Waals surface area (Å²) < 4.78 is 0. The number of likely N-dealkylation sites (tertiary alicyclic amines) is 1. The smallest absolute Gasteiger partial charge is 0.235 e. The Bertz CT molecular complexity index is 472. The number of amides is 2. The lowest BCUT2D eigenvalue weighted by atomic mass is 9.83. The number of hydrogen-bond acceptors (Lipinski definition) is 3. The highest BCUT2D eigenvalue weighted by molar-refractivity contribution is 6.05. The first-order valence-electron chi connectivity index (χ1n) is 6.81. The van der Waals surface area contributed by atoms with Gasteiger partial charge in [0.15, 0.2) is 0 Å². The van der Waals surface area contributed by atoms with Gasteiger partial charge in [-0.25, -0.2) is 0 Å². The summed E-state index contributed by atoms with van der Waals surface area (Å²) in [6.45, 7) is 4.29. The van der Waals surface area contributed by atoms with Gasteiger partial charge in [0, 0.05) is 12.6 Å². The number of rotatable bonds is 5. The largest absolute Gasteiger partial charge is 0.276 e. The number of imide groups is 1. The van der Waals surface area contributed by atoms with Crippen molar-refractivity contribution >= 4 is 11.8 Å². The van der Waals surface area contributed by atoms with Gasteiger partial charge in [-0.1, -0.05) is 32.8 Å². The highest BCUT2D eigenvalue weighted by Gasteiger charge is 2.47. The fourth-order valence-electron chi connectivity index (χ4n) is 2.52. The predicted octanol–water partition coefficient (Wildman–Crippen LogP) is 2.54. The average Bonchev–Trinajstić information content (AvgIpc) is 2.62. The number of unbranched alkanes of at least 4 members (excludes halogenated alkanes) is 1. The Morgan fingerprint density at radius 2 is 2.16 bits per heavy atom. The van der Waals surface area contributed by atoms with Crippen molar-refractivity contribution in [3.05, 3.63) is 30.1 Å². The summed E-state index contributed by atoms with van der Waals surface area (Å²) in [6, 6.07) is 5.52.